The average molecular weight is 532 g/mol. The van der Waals surface area contributed by atoms with Crippen molar-refractivity contribution in [1.29, 1.82) is 0 Å². The minimum atomic E-state index is -0.639. The molecule has 0 bridgehead atoms. The van der Waals surface area contributed by atoms with Crippen molar-refractivity contribution in [1.82, 2.24) is 10.2 Å². The lowest BCUT2D eigenvalue weighted by molar-refractivity contribution is -0.143. The van der Waals surface area contributed by atoms with Crippen LogP contribution in [0.3, 0.4) is 0 Å². The third kappa shape index (κ3) is 6.27. The molecule has 0 unspecified atom stereocenters. The Morgan fingerprint density at radius 3 is 2.45 bits per heavy atom. The van der Waals surface area contributed by atoms with Crippen LogP contribution in [0.4, 0.5) is 0 Å². The molecule has 0 saturated heterocycles. The Hall–Kier alpha value is -2.57. The number of carbonyl (C=O) groups is 2. The molecule has 5 nitrogen and oxygen atoms in total. The molecular weight excluding hydrogens is 504 g/mol. The van der Waals surface area contributed by atoms with E-state index in [0.717, 1.165) is 20.8 Å². The van der Waals surface area contributed by atoms with E-state index in [0.29, 0.717) is 17.2 Å². The molecule has 0 fully saturated rings. The van der Waals surface area contributed by atoms with Gasteiger partial charge in [0.25, 0.3) is 5.91 Å². The molecule has 3 aromatic rings. The van der Waals surface area contributed by atoms with Gasteiger partial charge in [-0.1, -0.05) is 67.1 Å². The molecule has 0 heterocycles. The topological polar surface area (TPSA) is 58.6 Å². The summed E-state index contributed by atoms with van der Waals surface area (Å²) in [7, 11) is 0. The first-order valence-electron chi connectivity index (χ1n) is 10.9. The highest BCUT2D eigenvalue weighted by atomic mass is 79.9. The van der Waals surface area contributed by atoms with Crippen LogP contribution in [-0.2, 0) is 16.1 Å². The van der Waals surface area contributed by atoms with E-state index >= 15 is 0 Å². The van der Waals surface area contributed by atoms with Gasteiger partial charge in [-0.25, -0.2) is 0 Å². The van der Waals surface area contributed by atoms with Crippen LogP contribution in [0, 0.1) is 0 Å². The quantitative estimate of drug-likeness (QED) is 0.370. The summed E-state index contributed by atoms with van der Waals surface area (Å²) >= 11 is 9.95. The maximum absolute atomic E-state index is 13.4. The van der Waals surface area contributed by atoms with Gasteiger partial charge < -0.3 is 15.0 Å². The van der Waals surface area contributed by atoms with Crippen LogP contribution in [0.1, 0.15) is 32.8 Å². The standard InChI is InChI=1S/C26H28BrClN2O3/c1-4-22(26(32)29-17(2)3)30(15-19-10-6-8-12-21(19)28)24(31)16-33-23-14-13-18-9-5-7-11-20(18)25(23)27/h5-14,17,22H,4,15-16H2,1-3H3,(H,29,32)/t22-/m1/s1. The number of hydrogen-bond acceptors (Lipinski definition) is 3. The van der Waals surface area contributed by atoms with Crippen molar-refractivity contribution in [2.24, 2.45) is 0 Å². The molecule has 33 heavy (non-hydrogen) atoms. The van der Waals surface area contributed by atoms with E-state index in [-0.39, 0.29) is 31.0 Å². The van der Waals surface area contributed by atoms with Crippen molar-refractivity contribution in [3.63, 3.8) is 0 Å². The Balaban J connectivity index is 1.84. The van der Waals surface area contributed by atoms with Crippen molar-refractivity contribution in [3.8, 4) is 5.75 Å². The number of nitrogens with one attached hydrogen (secondary N) is 1. The van der Waals surface area contributed by atoms with Gasteiger partial charge in [-0.05, 0) is 64.7 Å². The van der Waals surface area contributed by atoms with Crippen LogP contribution in [0.15, 0.2) is 65.1 Å². The first kappa shape index (κ1) is 25.1. The summed E-state index contributed by atoms with van der Waals surface area (Å²) in [6.45, 7) is 5.69. The smallest absolute Gasteiger partial charge is 0.261 e. The van der Waals surface area contributed by atoms with E-state index in [1.807, 2.05) is 75.4 Å². The normalized spacial score (nSPS) is 11.9. The van der Waals surface area contributed by atoms with Gasteiger partial charge in [-0.15, -0.1) is 0 Å². The summed E-state index contributed by atoms with van der Waals surface area (Å²) < 4.78 is 6.70. The van der Waals surface area contributed by atoms with Crippen LogP contribution in [-0.4, -0.2) is 35.4 Å². The van der Waals surface area contributed by atoms with Gasteiger partial charge in [-0.3, -0.25) is 9.59 Å². The van der Waals surface area contributed by atoms with E-state index in [1.165, 1.54) is 0 Å². The number of rotatable bonds is 9. The zero-order valence-corrected chi connectivity index (χ0v) is 21.3. The Kier molecular flexibility index (Phi) is 8.75. The van der Waals surface area contributed by atoms with Gasteiger partial charge in [0, 0.05) is 17.6 Å². The van der Waals surface area contributed by atoms with E-state index in [2.05, 4.69) is 21.2 Å². The first-order valence-corrected chi connectivity index (χ1v) is 12.1. The monoisotopic (exact) mass is 530 g/mol. The number of hydrogen-bond donors (Lipinski definition) is 1. The van der Waals surface area contributed by atoms with Gasteiger partial charge in [0.15, 0.2) is 6.61 Å². The number of amides is 2. The summed E-state index contributed by atoms with van der Waals surface area (Å²) in [6, 6.07) is 18.4. The van der Waals surface area contributed by atoms with Crippen LogP contribution < -0.4 is 10.1 Å². The van der Waals surface area contributed by atoms with E-state index in [1.54, 1.807) is 11.0 Å². The molecule has 2 amide bonds. The molecule has 0 aliphatic carbocycles. The van der Waals surface area contributed by atoms with Crippen LogP contribution in [0.25, 0.3) is 10.8 Å². The van der Waals surface area contributed by atoms with Crippen molar-refractivity contribution < 1.29 is 14.3 Å². The highest BCUT2D eigenvalue weighted by Gasteiger charge is 2.29. The lowest BCUT2D eigenvalue weighted by Crippen LogP contribution is -2.51. The lowest BCUT2D eigenvalue weighted by Gasteiger charge is -2.31. The fourth-order valence-corrected chi connectivity index (χ4v) is 4.46. The van der Waals surface area contributed by atoms with Gasteiger partial charge >= 0.3 is 0 Å². The van der Waals surface area contributed by atoms with Crippen LogP contribution in [0.2, 0.25) is 5.02 Å². The maximum Gasteiger partial charge on any atom is 0.261 e. The molecule has 0 aromatic heterocycles. The second-order valence-electron chi connectivity index (χ2n) is 8.09. The first-order chi connectivity index (χ1) is 15.8. The number of fused-ring (bicyclic) bond motifs is 1. The van der Waals surface area contributed by atoms with Gasteiger partial charge in [0.05, 0.1) is 4.47 Å². The highest BCUT2D eigenvalue weighted by Crippen LogP contribution is 2.33. The second-order valence-corrected chi connectivity index (χ2v) is 9.29. The van der Waals surface area contributed by atoms with Crippen molar-refractivity contribution in [2.45, 2.75) is 45.8 Å². The molecule has 0 spiro atoms. The fourth-order valence-electron chi connectivity index (χ4n) is 3.66. The Labute approximate surface area is 208 Å². The Morgan fingerprint density at radius 1 is 1.06 bits per heavy atom. The number of benzene rings is 3. The van der Waals surface area contributed by atoms with Crippen LogP contribution in [0.5, 0.6) is 5.75 Å². The molecule has 7 heteroatoms. The molecule has 174 valence electrons. The zero-order chi connectivity index (χ0) is 24.0. The van der Waals surface area contributed by atoms with Crippen molar-refractivity contribution >= 4 is 50.1 Å². The third-order valence-corrected chi connectivity index (χ3v) is 6.48. The Bertz CT molecular complexity index is 1140. The van der Waals surface area contributed by atoms with E-state index in [4.69, 9.17) is 16.3 Å². The summed E-state index contributed by atoms with van der Waals surface area (Å²) in [5, 5.41) is 5.53. The molecule has 3 rings (SSSR count). The largest absolute Gasteiger partial charge is 0.483 e. The van der Waals surface area contributed by atoms with Crippen molar-refractivity contribution in [2.75, 3.05) is 6.61 Å². The molecule has 3 aromatic carbocycles. The molecular formula is C26H28BrClN2O3. The average Bonchev–Trinajstić information content (AvgIpc) is 2.79. The lowest BCUT2D eigenvalue weighted by atomic mass is 10.1. The number of carbonyl (C=O) groups excluding carboxylic acids is 2. The maximum atomic E-state index is 13.4. The van der Waals surface area contributed by atoms with Crippen LogP contribution >= 0.6 is 27.5 Å². The van der Waals surface area contributed by atoms with Gasteiger partial charge in [0.2, 0.25) is 5.91 Å². The van der Waals surface area contributed by atoms with Crippen molar-refractivity contribution in [3.05, 3.63) is 75.7 Å². The predicted octanol–water partition coefficient (Wildman–Crippen LogP) is 5.97. The molecule has 0 aliphatic heterocycles. The number of ether oxygens (including phenoxy) is 1. The van der Waals surface area contributed by atoms with E-state index < -0.39 is 6.04 Å². The van der Waals surface area contributed by atoms with E-state index in [9.17, 15) is 9.59 Å². The second kappa shape index (κ2) is 11.5. The number of halogens is 2. The zero-order valence-electron chi connectivity index (χ0n) is 19.0. The molecule has 0 aliphatic rings. The molecule has 1 N–H and O–H groups in total. The minimum Gasteiger partial charge on any atom is -0.483 e. The third-order valence-electron chi connectivity index (χ3n) is 5.29. The predicted molar refractivity (Wildman–Crippen MR) is 137 cm³/mol. The molecule has 0 radical (unpaired) electrons. The highest BCUT2D eigenvalue weighted by molar-refractivity contribution is 9.10. The summed E-state index contributed by atoms with van der Waals surface area (Å²) in [5.74, 6) is 0.0833. The van der Waals surface area contributed by atoms with Gasteiger partial charge in [-0.2, -0.15) is 0 Å². The molecule has 0 saturated carbocycles. The summed E-state index contributed by atoms with van der Waals surface area (Å²) in [4.78, 5) is 27.8. The number of nitrogens with zero attached hydrogens (tertiary/aromatic N) is 1. The summed E-state index contributed by atoms with van der Waals surface area (Å²) in [6.07, 6.45) is 0.467. The summed E-state index contributed by atoms with van der Waals surface area (Å²) in [5.41, 5.74) is 0.773. The Morgan fingerprint density at radius 2 is 1.76 bits per heavy atom. The SMILES string of the molecule is CC[C@H](C(=O)NC(C)C)N(Cc1ccccc1Cl)C(=O)COc1ccc2ccccc2c1Br. The fraction of sp³-hybridized carbons (Fsp3) is 0.308. The molecule has 1 atom stereocenters. The minimum absolute atomic E-state index is 0.0337. The van der Waals surface area contributed by atoms with Gasteiger partial charge in [0.1, 0.15) is 11.8 Å².